The summed E-state index contributed by atoms with van der Waals surface area (Å²) in [6.45, 7) is 9.31. The van der Waals surface area contributed by atoms with Gasteiger partial charge >= 0.3 is 0 Å². The SMILES string of the molecule is C[C@H]1C[C@H](C)CN(CCOc2ccc(NC(=O)C3(c4ccccc4F)CCOCC3)cc2)C1. The second-order valence-electron chi connectivity index (χ2n) is 9.71. The Bertz CT molecular complexity index is 917. The van der Waals surface area contributed by atoms with Crippen molar-refractivity contribution >= 4 is 11.6 Å². The van der Waals surface area contributed by atoms with Gasteiger partial charge in [-0.2, -0.15) is 0 Å². The quantitative estimate of drug-likeness (QED) is 0.649. The molecule has 2 aromatic carbocycles. The van der Waals surface area contributed by atoms with Gasteiger partial charge in [-0.05, 0) is 61.4 Å². The van der Waals surface area contributed by atoms with E-state index in [1.54, 1.807) is 18.2 Å². The molecule has 0 saturated carbocycles. The average molecular weight is 455 g/mol. The number of nitrogens with zero attached hydrogens (tertiary/aromatic N) is 1. The molecule has 0 spiro atoms. The molecular formula is C27H35FN2O3. The van der Waals surface area contributed by atoms with Gasteiger partial charge in [0, 0.05) is 44.1 Å². The minimum absolute atomic E-state index is 0.196. The lowest BCUT2D eigenvalue weighted by atomic mass is 9.73. The number of amides is 1. The third-order valence-electron chi connectivity index (χ3n) is 6.90. The molecule has 2 atom stereocenters. The lowest BCUT2D eigenvalue weighted by molar-refractivity contribution is -0.125. The van der Waals surface area contributed by atoms with E-state index >= 15 is 0 Å². The topological polar surface area (TPSA) is 50.8 Å². The van der Waals surface area contributed by atoms with Crippen molar-refractivity contribution in [1.82, 2.24) is 4.90 Å². The molecule has 0 aromatic heterocycles. The van der Waals surface area contributed by atoms with Crippen molar-refractivity contribution in [2.75, 3.05) is 44.8 Å². The van der Waals surface area contributed by atoms with Crippen LogP contribution >= 0.6 is 0 Å². The molecule has 1 N–H and O–H groups in total. The largest absolute Gasteiger partial charge is 0.492 e. The van der Waals surface area contributed by atoms with E-state index in [1.807, 2.05) is 24.3 Å². The number of hydrogen-bond acceptors (Lipinski definition) is 4. The van der Waals surface area contributed by atoms with E-state index in [4.69, 9.17) is 9.47 Å². The first-order valence-electron chi connectivity index (χ1n) is 12.1. The summed E-state index contributed by atoms with van der Waals surface area (Å²) in [5.41, 5.74) is 0.182. The summed E-state index contributed by atoms with van der Waals surface area (Å²) >= 11 is 0. The van der Waals surface area contributed by atoms with Crippen LogP contribution in [0.5, 0.6) is 5.75 Å². The molecule has 6 heteroatoms. The molecule has 33 heavy (non-hydrogen) atoms. The molecule has 2 heterocycles. The van der Waals surface area contributed by atoms with Crippen molar-refractivity contribution in [2.45, 2.75) is 38.5 Å². The molecular weight excluding hydrogens is 419 g/mol. The lowest BCUT2D eigenvalue weighted by Crippen LogP contribution is -2.45. The molecule has 0 unspecified atom stereocenters. The van der Waals surface area contributed by atoms with Crippen LogP contribution in [0, 0.1) is 17.7 Å². The molecule has 0 radical (unpaired) electrons. The second kappa shape index (κ2) is 10.7. The van der Waals surface area contributed by atoms with Crippen molar-refractivity contribution in [1.29, 1.82) is 0 Å². The highest BCUT2D eigenvalue weighted by Crippen LogP contribution is 2.37. The lowest BCUT2D eigenvalue weighted by Gasteiger charge is -2.36. The summed E-state index contributed by atoms with van der Waals surface area (Å²) < 4.78 is 26.0. The van der Waals surface area contributed by atoms with E-state index in [1.165, 1.54) is 12.5 Å². The maximum atomic E-state index is 14.6. The molecule has 4 rings (SSSR count). The Kier molecular flexibility index (Phi) is 7.66. The van der Waals surface area contributed by atoms with Crippen molar-refractivity contribution < 1.29 is 18.7 Å². The average Bonchev–Trinajstić information content (AvgIpc) is 2.80. The number of carbonyl (C=O) groups excluding carboxylic acids is 1. The van der Waals surface area contributed by atoms with Gasteiger partial charge in [0.05, 0.1) is 5.41 Å². The fourth-order valence-corrected chi connectivity index (χ4v) is 5.34. The van der Waals surface area contributed by atoms with Crippen LogP contribution in [0.25, 0.3) is 0 Å². The number of halogens is 1. The first kappa shape index (κ1) is 23.7. The van der Waals surface area contributed by atoms with Crippen LogP contribution < -0.4 is 10.1 Å². The maximum Gasteiger partial charge on any atom is 0.235 e. The first-order valence-corrected chi connectivity index (χ1v) is 12.1. The Morgan fingerprint density at radius 2 is 1.76 bits per heavy atom. The Balaban J connectivity index is 1.36. The standard InChI is InChI=1S/C27H35FN2O3/c1-20-17-21(2)19-30(18-20)13-16-33-23-9-7-22(8-10-23)29-26(31)27(11-14-32-15-12-27)24-5-3-4-6-25(24)28/h3-10,20-21H,11-19H2,1-2H3,(H,29,31)/t20-,21-/m0/s1. The van der Waals surface area contributed by atoms with Gasteiger partial charge in [0.1, 0.15) is 18.2 Å². The highest BCUT2D eigenvalue weighted by molar-refractivity contribution is 5.99. The summed E-state index contributed by atoms with van der Waals surface area (Å²) in [6.07, 6.45) is 2.21. The third kappa shape index (κ3) is 5.74. The molecule has 1 amide bonds. The van der Waals surface area contributed by atoms with Gasteiger partial charge in [0.25, 0.3) is 0 Å². The zero-order valence-corrected chi connectivity index (χ0v) is 19.7. The number of anilines is 1. The summed E-state index contributed by atoms with van der Waals surface area (Å²) in [5.74, 6) is 1.70. The maximum absolute atomic E-state index is 14.6. The Morgan fingerprint density at radius 3 is 2.42 bits per heavy atom. The van der Waals surface area contributed by atoms with E-state index in [-0.39, 0.29) is 11.7 Å². The highest BCUT2D eigenvalue weighted by atomic mass is 19.1. The van der Waals surface area contributed by atoms with Gasteiger partial charge in [-0.3, -0.25) is 9.69 Å². The van der Waals surface area contributed by atoms with Crippen LogP contribution in [0.2, 0.25) is 0 Å². The Morgan fingerprint density at radius 1 is 1.09 bits per heavy atom. The number of nitrogens with one attached hydrogen (secondary N) is 1. The van der Waals surface area contributed by atoms with E-state index in [0.29, 0.717) is 43.9 Å². The van der Waals surface area contributed by atoms with Crippen LogP contribution in [0.15, 0.2) is 48.5 Å². The molecule has 2 saturated heterocycles. The highest BCUT2D eigenvalue weighted by Gasteiger charge is 2.43. The smallest absolute Gasteiger partial charge is 0.235 e. The van der Waals surface area contributed by atoms with Crippen LogP contribution in [-0.2, 0) is 14.9 Å². The number of rotatable bonds is 7. The molecule has 178 valence electrons. The molecule has 2 aliphatic heterocycles. The van der Waals surface area contributed by atoms with E-state index in [0.717, 1.165) is 37.2 Å². The summed E-state index contributed by atoms with van der Waals surface area (Å²) in [4.78, 5) is 15.8. The van der Waals surface area contributed by atoms with Gasteiger partial charge in [-0.1, -0.05) is 32.0 Å². The van der Waals surface area contributed by atoms with Crippen molar-refractivity contribution in [3.05, 3.63) is 59.9 Å². The minimum Gasteiger partial charge on any atom is -0.492 e. The van der Waals surface area contributed by atoms with Crippen LogP contribution in [0.3, 0.4) is 0 Å². The monoisotopic (exact) mass is 454 g/mol. The van der Waals surface area contributed by atoms with Crippen molar-refractivity contribution in [3.8, 4) is 5.75 Å². The van der Waals surface area contributed by atoms with Crippen LogP contribution in [0.1, 0.15) is 38.7 Å². The van der Waals surface area contributed by atoms with E-state index in [9.17, 15) is 9.18 Å². The fraction of sp³-hybridized carbons (Fsp3) is 0.519. The molecule has 0 aliphatic carbocycles. The van der Waals surface area contributed by atoms with Gasteiger partial charge in [-0.25, -0.2) is 4.39 Å². The first-order chi connectivity index (χ1) is 16.0. The summed E-state index contributed by atoms with van der Waals surface area (Å²) in [7, 11) is 0. The van der Waals surface area contributed by atoms with Crippen LogP contribution in [-0.4, -0.2) is 50.3 Å². The molecule has 2 fully saturated rings. The van der Waals surface area contributed by atoms with Gasteiger partial charge in [-0.15, -0.1) is 0 Å². The predicted molar refractivity (Wildman–Crippen MR) is 128 cm³/mol. The number of ether oxygens (including phenoxy) is 2. The number of hydrogen-bond donors (Lipinski definition) is 1. The van der Waals surface area contributed by atoms with Gasteiger partial charge in [0.15, 0.2) is 0 Å². The van der Waals surface area contributed by atoms with Gasteiger partial charge in [0.2, 0.25) is 5.91 Å². The molecule has 5 nitrogen and oxygen atoms in total. The fourth-order valence-electron chi connectivity index (χ4n) is 5.34. The zero-order chi connectivity index (χ0) is 23.3. The summed E-state index contributed by atoms with van der Waals surface area (Å²) in [5, 5.41) is 3.00. The minimum atomic E-state index is -0.929. The van der Waals surface area contributed by atoms with Crippen molar-refractivity contribution in [2.24, 2.45) is 11.8 Å². The van der Waals surface area contributed by atoms with E-state index < -0.39 is 5.41 Å². The number of likely N-dealkylation sites (tertiary alicyclic amines) is 1. The second-order valence-corrected chi connectivity index (χ2v) is 9.71. The van der Waals surface area contributed by atoms with Gasteiger partial charge < -0.3 is 14.8 Å². The predicted octanol–water partition coefficient (Wildman–Crippen LogP) is 4.87. The third-order valence-corrected chi connectivity index (χ3v) is 6.90. The van der Waals surface area contributed by atoms with Crippen molar-refractivity contribution in [3.63, 3.8) is 0 Å². The summed E-state index contributed by atoms with van der Waals surface area (Å²) in [6, 6.07) is 14.0. The molecule has 2 aromatic rings. The van der Waals surface area contributed by atoms with Crippen LogP contribution in [0.4, 0.5) is 10.1 Å². The number of benzene rings is 2. The Labute approximate surface area is 196 Å². The number of piperidine rings is 1. The number of carbonyl (C=O) groups is 1. The molecule has 2 aliphatic rings. The zero-order valence-electron chi connectivity index (χ0n) is 19.7. The molecule has 0 bridgehead atoms. The Hall–Kier alpha value is -2.44. The van der Waals surface area contributed by atoms with E-state index in [2.05, 4.69) is 24.1 Å². The normalized spacial score (nSPS) is 23.1.